The molecule has 8 fully saturated rings. The van der Waals surface area contributed by atoms with Crippen molar-refractivity contribution in [1.82, 2.24) is 25.8 Å². The second-order valence-electron chi connectivity index (χ2n) is 28.6. The summed E-state index contributed by atoms with van der Waals surface area (Å²) in [5, 5.41) is 8.45. The quantitative estimate of drug-likeness (QED) is 0.107. The van der Waals surface area contributed by atoms with Crippen LogP contribution in [0.1, 0.15) is 193 Å². The van der Waals surface area contributed by atoms with E-state index in [-0.39, 0.29) is 68.5 Å². The lowest BCUT2D eigenvalue weighted by atomic mass is 9.73. The molecule has 18 nitrogen and oxygen atoms in total. The lowest BCUT2D eigenvalue weighted by Crippen LogP contribution is -2.59. The van der Waals surface area contributed by atoms with Gasteiger partial charge in [-0.25, -0.2) is 4.79 Å². The molecule has 2 saturated heterocycles. The molecule has 76 heavy (non-hydrogen) atoms. The third kappa shape index (κ3) is 10.3. The van der Waals surface area contributed by atoms with Crippen LogP contribution >= 0.6 is 12.4 Å². The lowest BCUT2D eigenvalue weighted by Gasteiger charge is -2.36. The zero-order valence-corrected chi connectivity index (χ0v) is 48.8. The molecule has 19 heteroatoms. The van der Waals surface area contributed by atoms with Crippen molar-refractivity contribution in [3.8, 4) is 0 Å². The third-order valence-electron chi connectivity index (χ3n) is 21.1. The van der Waals surface area contributed by atoms with Gasteiger partial charge in [-0.05, 0) is 116 Å². The van der Waals surface area contributed by atoms with Crippen LogP contribution in [-0.2, 0) is 43.1 Å². The maximum atomic E-state index is 14.3. The Morgan fingerprint density at radius 2 is 0.921 bits per heavy atom. The van der Waals surface area contributed by atoms with Crippen LogP contribution in [0.3, 0.4) is 0 Å². The van der Waals surface area contributed by atoms with Crippen molar-refractivity contribution in [3.05, 3.63) is 0 Å². The minimum Gasteiger partial charge on any atom is -0.444 e. The van der Waals surface area contributed by atoms with Crippen molar-refractivity contribution in [3.63, 3.8) is 0 Å². The number of ketones is 2. The van der Waals surface area contributed by atoms with Gasteiger partial charge < -0.3 is 47.7 Å². The Bertz CT molecular complexity index is 2340. The monoisotopic (exact) mass is 1080 g/mol. The van der Waals surface area contributed by atoms with E-state index in [1.165, 1.54) is 6.42 Å². The predicted octanol–water partition coefficient (Wildman–Crippen LogP) is 5.76. The number of rotatable bonds is 15. The molecule has 8 aliphatic rings. The molecule has 7 amide bonds. The summed E-state index contributed by atoms with van der Waals surface area (Å²) < 4.78 is 5.47. The van der Waals surface area contributed by atoms with Gasteiger partial charge in [0, 0.05) is 23.9 Å². The number of ether oxygens (including phenoxy) is 1. The second-order valence-corrected chi connectivity index (χ2v) is 28.6. The summed E-state index contributed by atoms with van der Waals surface area (Å²) in [5.41, 5.74) is 15.0. The predicted molar refractivity (Wildman–Crippen MR) is 289 cm³/mol. The normalized spacial score (nSPS) is 28.8. The van der Waals surface area contributed by atoms with Gasteiger partial charge in [-0.2, -0.15) is 0 Å². The first-order chi connectivity index (χ1) is 34.4. The zero-order chi connectivity index (χ0) is 56.0. The Balaban J connectivity index is 0.000000247. The van der Waals surface area contributed by atoms with Gasteiger partial charge in [-0.1, -0.05) is 121 Å². The molecule has 0 aromatic heterocycles. The van der Waals surface area contributed by atoms with Gasteiger partial charge in [0.25, 0.3) is 11.8 Å². The largest absolute Gasteiger partial charge is 0.444 e. The average Bonchev–Trinajstić information content (AvgIpc) is 3.55. The van der Waals surface area contributed by atoms with Crippen molar-refractivity contribution in [2.45, 2.75) is 235 Å². The van der Waals surface area contributed by atoms with Crippen LogP contribution in [0.25, 0.3) is 0 Å². The minimum absolute atomic E-state index is 0. The molecule has 8 rings (SSSR count). The smallest absolute Gasteiger partial charge is 0.408 e. The summed E-state index contributed by atoms with van der Waals surface area (Å²) in [4.78, 5) is 120. The summed E-state index contributed by atoms with van der Waals surface area (Å²) in [6, 6.07) is -5.18. The van der Waals surface area contributed by atoms with E-state index < -0.39 is 88.1 Å². The van der Waals surface area contributed by atoms with Gasteiger partial charge in [-0.15, -0.1) is 12.4 Å². The first-order valence-corrected chi connectivity index (χ1v) is 28.1. The molecule has 4 spiro atoms. The van der Waals surface area contributed by atoms with Crippen LogP contribution < -0.4 is 33.2 Å². The number of nitrogens with two attached hydrogens (primary N) is 3. The number of fused-ring (bicyclic) bond motifs is 2. The molecule has 0 aromatic rings. The Morgan fingerprint density at radius 3 is 1.18 bits per heavy atom. The van der Waals surface area contributed by atoms with Crippen LogP contribution in [0.2, 0.25) is 0 Å². The number of likely N-dealkylation sites (tertiary alicyclic amines) is 2. The minimum atomic E-state index is -1.07. The fourth-order valence-electron chi connectivity index (χ4n) is 15.4. The van der Waals surface area contributed by atoms with E-state index >= 15 is 0 Å². The Kier molecular flexibility index (Phi) is 16.6. The van der Waals surface area contributed by atoms with Crippen LogP contribution in [0.5, 0.6) is 0 Å². The van der Waals surface area contributed by atoms with Crippen LogP contribution in [0.15, 0.2) is 0 Å². The molecule has 6 aliphatic carbocycles. The molecule has 6 saturated carbocycles. The van der Waals surface area contributed by atoms with Crippen LogP contribution in [0, 0.1) is 55.2 Å². The number of amides is 7. The number of nitrogens with one attached hydrogen (secondary N) is 3. The highest BCUT2D eigenvalue weighted by Gasteiger charge is 2.86. The summed E-state index contributed by atoms with van der Waals surface area (Å²) >= 11 is 0. The number of nitrogens with zero attached hydrogens (tertiary/aromatic N) is 2. The molecule has 0 aromatic carbocycles. The molecule has 2 aliphatic heterocycles. The standard InChI is InChI=1S/C31H50N4O6.C26H42N4O4.ClH/c1-27(2,3)22(34-26(40)41-28(4,5)6)25(39)35-17-31(29(7,8)30(31)13-10-14-30)16-20(35)24(38)33-19(21(36)23(32)37)15-18-11-9-12-18;1-23(2,3)19(27)22(34)30-14-26(24(4,5)25(26)10-7-11-25)13-17(30)21(33)29-16(18(31)20(28)32)12-15-8-6-9-15;/h18-20,22H,9-17H2,1-8H3,(H2,32,37)(H,33,38)(H,34,40);15-17,19H,6-14,27H2,1-5H3,(H2,28,32)(H,29,33);1H/t19?,20-,22+,31+;16?,17-,19+,26+;/m00./s1. The number of carbonyl (C=O) groups excluding carboxylic acids is 9. The molecule has 0 radical (unpaired) electrons. The van der Waals surface area contributed by atoms with E-state index in [0.717, 1.165) is 70.6 Å². The molecule has 2 heterocycles. The van der Waals surface area contributed by atoms with Crippen molar-refractivity contribution in [1.29, 1.82) is 0 Å². The van der Waals surface area contributed by atoms with Crippen molar-refractivity contribution in [2.24, 2.45) is 72.4 Å². The van der Waals surface area contributed by atoms with Crippen LogP contribution in [-0.4, -0.2) is 118 Å². The zero-order valence-electron chi connectivity index (χ0n) is 48.0. The van der Waals surface area contributed by atoms with Crippen molar-refractivity contribution < 1.29 is 47.9 Å². The fraction of sp³-hybridized carbons (Fsp3) is 0.842. The van der Waals surface area contributed by atoms with Gasteiger partial charge in [0.15, 0.2) is 0 Å². The summed E-state index contributed by atoms with van der Waals surface area (Å²) in [5.74, 6) is -4.53. The molecule has 428 valence electrons. The summed E-state index contributed by atoms with van der Waals surface area (Å²) in [6.45, 7) is 26.5. The number of hydrogen-bond donors (Lipinski definition) is 6. The van der Waals surface area contributed by atoms with E-state index in [4.69, 9.17) is 21.9 Å². The van der Waals surface area contributed by atoms with E-state index in [0.29, 0.717) is 44.7 Å². The van der Waals surface area contributed by atoms with E-state index in [9.17, 15) is 43.2 Å². The van der Waals surface area contributed by atoms with Crippen LogP contribution in [0.4, 0.5) is 4.79 Å². The topological polar surface area (TPSA) is 283 Å². The number of carbonyl (C=O) groups is 9. The molecule has 9 N–H and O–H groups in total. The molecule has 8 atom stereocenters. The molecule has 0 bridgehead atoms. The van der Waals surface area contributed by atoms with E-state index in [2.05, 4.69) is 43.6 Å². The lowest BCUT2D eigenvalue weighted by molar-refractivity contribution is -0.143. The van der Waals surface area contributed by atoms with E-state index in [1.54, 1.807) is 30.6 Å². The number of alkyl carbamates (subject to hydrolysis) is 1. The maximum Gasteiger partial charge on any atom is 0.408 e. The SMILES string of the molecule is CC(C)(C)OC(=O)N[C@H](C(=O)N1C[C@]2(C[C@H]1C(=O)NC(CC1CCC1)C(=O)C(N)=O)C(C)(C)C21CCC1)C(C)(C)C.CC(C)(C)[C@H](N)C(=O)N1C[C@]2(C[C@H]1C(=O)NC(CC1CCC1)C(=O)C(N)=O)C(C)(C)C21CCC1.Cl. The van der Waals surface area contributed by atoms with Gasteiger partial charge in [0.1, 0.15) is 23.7 Å². The molecular formula is C57H93ClN8O10. The summed E-state index contributed by atoms with van der Waals surface area (Å²) in [7, 11) is 0. The number of primary amides is 2. The fourth-order valence-corrected chi connectivity index (χ4v) is 15.4. The maximum absolute atomic E-state index is 14.3. The van der Waals surface area contributed by atoms with Gasteiger partial charge in [0.05, 0.1) is 18.1 Å². The van der Waals surface area contributed by atoms with Gasteiger partial charge in [-0.3, -0.25) is 38.4 Å². The highest BCUT2D eigenvalue weighted by Crippen LogP contribution is 2.89. The van der Waals surface area contributed by atoms with Crippen molar-refractivity contribution in [2.75, 3.05) is 13.1 Å². The molecular weight excluding hydrogens is 992 g/mol. The molecule has 2 unspecified atom stereocenters. The highest BCUT2D eigenvalue weighted by atomic mass is 35.5. The number of Topliss-reactive ketones (excluding diaryl/α,β-unsaturated/α-hetero) is 2. The van der Waals surface area contributed by atoms with Crippen molar-refractivity contribution >= 4 is 65.5 Å². The van der Waals surface area contributed by atoms with Gasteiger partial charge in [0.2, 0.25) is 35.2 Å². The number of halogens is 1. The first kappa shape index (κ1) is 60.9. The number of hydrogen-bond acceptors (Lipinski definition) is 11. The van der Waals surface area contributed by atoms with E-state index in [1.807, 2.05) is 41.5 Å². The third-order valence-corrected chi connectivity index (χ3v) is 21.1. The second kappa shape index (κ2) is 20.7. The Morgan fingerprint density at radius 1 is 0.553 bits per heavy atom. The summed E-state index contributed by atoms with van der Waals surface area (Å²) in [6.07, 6.45) is 13.7. The Hall–Kier alpha value is -4.32. The highest BCUT2D eigenvalue weighted by molar-refractivity contribution is 6.38. The average molecular weight is 1090 g/mol. The van der Waals surface area contributed by atoms with Gasteiger partial charge >= 0.3 is 6.09 Å². The Labute approximate surface area is 457 Å². The first-order valence-electron chi connectivity index (χ1n) is 28.1.